The molecule has 1 saturated heterocycles. The van der Waals surface area contributed by atoms with Crippen LogP contribution in [0.4, 0.5) is 0 Å². The van der Waals surface area contributed by atoms with Crippen LogP contribution in [0.25, 0.3) is 11.3 Å². The van der Waals surface area contributed by atoms with Crippen LogP contribution in [-0.4, -0.2) is 30.6 Å². The lowest BCUT2D eigenvalue weighted by atomic mass is 9.79. The molecule has 5 heteroatoms. The van der Waals surface area contributed by atoms with Crippen LogP contribution in [0.1, 0.15) is 46.6 Å². The van der Waals surface area contributed by atoms with E-state index >= 15 is 0 Å². The summed E-state index contributed by atoms with van der Waals surface area (Å²) in [5.41, 5.74) is 1.86. The zero-order valence-electron chi connectivity index (χ0n) is 12.0. The summed E-state index contributed by atoms with van der Waals surface area (Å²) in [5, 5.41) is 3.70. The van der Waals surface area contributed by atoms with Crippen LogP contribution in [0, 0.1) is 0 Å². The van der Waals surface area contributed by atoms with Gasteiger partial charge in [0.25, 0.3) is 0 Å². The molecule has 1 aliphatic rings. The van der Waals surface area contributed by atoms with Gasteiger partial charge in [0, 0.05) is 29.5 Å². The van der Waals surface area contributed by atoms with Crippen molar-refractivity contribution in [3.05, 3.63) is 18.7 Å². The molecule has 0 atom stereocenters. The van der Waals surface area contributed by atoms with Crippen molar-refractivity contribution in [2.75, 3.05) is 0 Å². The van der Waals surface area contributed by atoms with Crippen LogP contribution < -0.4 is 5.32 Å². The first kappa shape index (κ1) is 12.5. The van der Waals surface area contributed by atoms with E-state index in [2.05, 4.69) is 52.5 Å². The van der Waals surface area contributed by atoms with Crippen LogP contribution >= 0.6 is 0 Å². The third-order valence-corrected chi connectivity index (χ3v) is 3.77. The fourth-order valence-electron chi connectivity index (χ4n) is 3.50. The summed E-state index contributed by atoms with van der Waals surface area (Å²) < 4.78 is 2.19. The number of fused-ring (bicyclic) bond motifs is 1. The minimum absolute atomic E-state index is 0.116. The van der Waals surface area contributed by atoms with Gasteiger partial charge >= 0.3 is 0 Å². The van der Waals surface area contributed by atoms with Crippen molar-refractivity contribution in [3.63, 3.8) is 0 Å². The predicted molar refractivity (Wildman–Crippen MR) is 74.9 cm³/mol. The molecule has 0 radical (unpaired) electrons. The van der Waals surface area contributed by atoms with Gasteiger partial charge in [-0.05, 0) is 40.5 Å². The lowest BCUT2D eigenvalue weighted by Crippen LogP contribution is -2.57. The molecular formula is C14H21N5. The van der Waals surface area contributed by atoms with Gasteiger partial charge in [-0.3, -0.25) is 0 Å². The average Bonchev–Trinajstić information content (AvgIpc) is 2.68. The van der Waals surface area contributed by atoms with E-state index in [0.717, 1.165) is 24.1 Å². The van der Waals surface area contributed by atoms with Gasteiger partial charge in [-0.2, -0.15) is 0 Å². The summed E-state index contributed by atoms with van der Waals surface area (Å²) in [6.45, 7) is 9.02. The number of piperidine rings is 1. The Balaban J connectivity index is 2.01. The highest BCUT2D eigenvalue weighted by Gasteiger charge is 2.38. The maximum absolute atomic E-state index is 4.43. The number of nitrogens with zero attached hydrogens (tertiary/aromatic N) is 4. The van der Waals surface area contributed by atoms with E-state index in [4.69, 9.17) is 0 Å². The maximum atomic E-state index is 4.43. The van der Waals surface area contributed by atoms with E-state index < -0.39 is 0 Å². The molecule has 0 spiro atoms. The maximum Gasteiger partial charge on any atom is 0.197 e. The molecule has 0 unspecified atom stereocenters. The van der Waals surface area contributed by atoms with Gasteiger partial charge in [0.2, 0.25) is 0 Å². The highest BCUT2D eigenvalue weighted by Crippen LogP contribution is 2.36. The molecule has 2 aromatic rings. The van der Waals surface area contributed by atoms with Crippen molar-refractivity contribution >= 4 is 11.3 Å². The molecule has 1 fully saturated rings. The fourth-order valence-corrected chi connectivity index (χ4v) is 3.50. The fraction of sp³-hybridized carbons (Fsp3) is 0.643. The second-order valence-corrected chi connectivity index (χ2v) is 6.81. The molecule has 5 nitrogen and oxygen atoms in total. The first-order valence-corrected chi connectivity index (χ1v) is 6.79. The first-order valence-electron chi connectivity index (χ1n) is 6.79. The molecule has 102 valence electrons. The highest BCUT2D eigenvalue weighted by molar-refractivity contribution is 5.64. The van der Waals surface area contributed by atoms with Crippen LogP contribution in [0.2, 0.25) is 0 Å². The van der Waals surface area contributed by atoms with Crippen molar-refractivity contribution in [2.45, 2.75) is 57.7 Å². The molecule has 0 bridgehead atoms. The molecule has 0 aromatic carbocycles. The Kier molecular flexibility index (Phi) is 2.64. The smallest absolute Gasteiger partial charge is 0.197 e. The van der Waals surface area contributed by atoms with Crippen molar-refractivity contribution in [3.8, 4) is 0 Å². The van der Waals surface area contributed by atoms with Gasteiger partial charge in [-0.1, -0.05) is 0 Å². The molecule has 19 heavy (non-hydrogen) atoms. The van der Waals surface area contributed by atoms with Crippen LogP contribution in [0.3, 0.4) is 0 Å². The van der Waals surface area contributed by atoms with Crippen molar-refractivity contribution < 1.29 is 0 Å². The Bertz CT molecular complexity index is 583. The number of nitrogens with one attached hydrogen (secondary N) is 1. The summed E-state index contributed by atoms with van der Waals surface area (Å²) >= 11 is 0. The number of hydrogen-bond donors (Lipinski definition) is 1. The zero-order chi connectivity index (χ0) is 13.7. The van der Waals surface area contributed by atoms with Gasteiger partial charge in [-0.25, -0.2) is 15.0 Å². The highest BCUT2D eigenvalue weighted by atomic mass is 15.2. The molecule has 1 N–H and O–H groups in total. The predicted octanol–water partition coefficient (Wildman–Crippen LogP) is 2.31. The molecule has 3 heterocycles. The number of rotatable bonds is 1. The van der Waals surface area contributed by atoms with Gasteiger partial charge in [0.05, 0.1) is 6.33 Å². The molecule has 1 aliphatic heterocycles. The Morgan fingerprint density at radius 2 is 1.68 bits per heavy atom. The SMILES string of the molecule is CC1(C)CC(n2cnc3nccnc32)CC(C)(C)N1. The molecule has 0 amide bonds. The van der Waals surface area contributed by atoms with Gasteiger partial charge < -0.3 is 9.88 Å². The molecule has 3 rings (SSSR count). The average molecular weight is 259 g/mol. The number of aromatic nitrogens is 4. The molecule has 0 saturated carbocycles. The standard InChI is InChI=1S/C14H21N5/c1-13(2)7-10(8-14(3,4)18-13)19-9-17-11-12(19)16-6-5-15-11/h5-6,9-10,18H,7-8H2,1-4H3. The van der Waals surface area contributed by atoms with E-state index in [1.54, 1.807) is 12.4 Å². The number of imidazole rings is 1. The van der Waals surface area contributed by atoms with Gasteiger partial charge in [0.1, 0.15) is 0 Å². The third kappa shape index (κ3) is 2.34. The Hall–Kier alpha value is -1.49. The van der Waals surface area contributed by atoms with E-state index in [1.165, 1.54) is 0 Å². The topological polar surface area (TPSA) is 55.6 Å². The van der Waals surface area contributed by atoms with Gasteiger partial charge in [-0.15, -0.1) is 0 Å². The first-order chi connectivity index (χ1) is 8.86. The summed E-state index contributed by atoms with van der Waals surface area (Å²) in [5.74, 6) is 0. The molecule has 2 aromatic heterocycles. The Morgan fingerprint density at radius 3 is 2.37 bits per heavy atom. The van der Waals surface area contributed by atoms with Crippen molar-refractivity contribution in [1.82, 2.24) is 24.8 Å². The largest absolute Gasteiger partial charge is 0.311 e. The minimum atomic E-state index is 0.116. The molecular weight excluding hydrogens is 238 g/mol. The Morgan fingerprint density at radius 1 is 1.05 bits per heavy atom. The second-order valence-electron chi connectivity index (χ2n) is 6.81. The monoisotopic (exact) mass is 259 g/mol. The molecule has 0 aliphatic carbocycles. The Labute approximate surface area is 113 Å². The van der Waals surface area contributed by atoms with Gasteiger partial charge in [0.15, 0.2) is 11.3 Å². The van der Waals surface area contributed by atoms with Crippen molar-refractivity contribution in [1.29, 1.82) is 0 Å². The minimum Gasteiger partial charge on any atom is -0.311 e. The lowest BCUT2D eigenvalue weighted by Gasteiger charge is -2.46. The summed E-state index contributed by atoms with van der Waals surface area (Å²) in [6.07, 6.45) is 7.44. The van der Waals surface area contributed by atoms with E-state index in [-0.39, 0.29) is 11.1 Å². The zero-order valence-corrected chi connectivity index (χ0v) is 12.0. The normalized spacial score (nSPS) is 22.7. The van der Waals surface area contributed by atoms with E-state index in [0.29, 0.717) is 6.04 Å². The quantitative estimate of drug-likeness (QED) is 0.854. The third-order valence-electron chi connectivity index (χ3n) is 3.77. The lowest BCUT2D eigenvalue weighted by molar-refractivity contribution is 0.134. The second kappa shape index (κ2) is 4.00. The van der Waals surface area contributed by atoms with Crippen LogP contribution in [0.5, 0.6) is 0 Å². The van der Waals surface area contributed by atoms with E-state index in [9.17, 15) is 0 Å². The van der Waals surface area contributed by atoms with Crippen LogP contribution in [-0.2, 0) is 0 Å². The summed E-state index contributed by atoms with van der Waals surface area (Å²) in [4.78, 5) is 13.0. The number of hydrogen-bond acceptors (Lipinski definition) is 4. The summed E-state index contributed by atoms with van der Waals surface area (Å²) in [7, 11) is 0. The van der Waals surface area contributed by atoms with E-state index in [1.807, 2.05) is 6.33 Å². The summed E-state index contributed by atoms with van der Waals surface area (Å²) in [6, 6.07) is 0.410. The van der Waals surface area contributed by atoms with Crippen LogP contribution in [0.15, 0.2) is 18.7 Å². The van der Waals surface area contributed by atoms with Crippen molar-refractivity contribution in [2.24, 2.45) is 0 Å².